The molecule has 12 rings (SSSR count). The van der Waals surface area contributed by atoms with Crippen molar-refractivity contribution in [1.82, 2.24) is 24.1 Å². The van der Waals surface area contributed by atoms with Gasteiger partial charge in [-0.05, 0) is 71.1 Å². The molecule has 0 saturated carbocycles. The maximum absolute atomic E-state index is 6.38. The van der Waals surface area contributed by atoms with Crippen LogP contribution in [-0.4, -0.2) is 19.1 Å². The zero-order chi connectivity index (χ0) is 36.2. The summed E-state index contributed by atoms with van der Waals surface area (Å²) in [6.45, 7) is 2.16. The average molecular weight is 899 g/mol. The minimum absolute atomic E-state index is 0. The predicted molar refractivity (Wildman–Crippen MR) is 223 cm³/mol. The second kappa shape index (κ2) is 12.4. The molecule has 6 nitrogen and oxygen atoms in total. The van der Waals surface area contributed by atoms with Gasteiger partial charge in [-0.3, -0.25) is 4.57 Å². The molecule has 7 heteroatoms. The molecular formula is C49H29N5OPt. The first-order chi connectivity index (χ1) is 27.2. The van der Waals surface area contributed by atoms with Gasteiger partial charge in [-0.15, -0.1) is 34.8 Å². The Kier molecular flexibility index (Phi) is 7.22. The van der Waals surface area contributed by atoms with E-state index >= 15 is 0 Å². The van der Waals surface area contributed by atoms with Crippen molar-refractivity contribution in [2.75, 3.05) is 0 Å². The number of pyridine rings is 1. The first-order valence-electron chi connectivity index (χ1n) is 18.5. The van der Waals surface area contributed by atoms with Crippen molar-refractivity contribution in [2.45, 2.75) is 6.92 Å². The zero-order valence-electron chi connectivity index (χ0n) is 30.0. The molecule has 0 spiro atoms. The van der Waals surface area contributed by atoms with Crippen molar-refractivity contribution in [3.05, 3.63) is 169 Å². The van der Waals surface area contributed by atoms with Gasteiger partial charge in [0.1, 0.15) is 22.8 Å². The van der Waals surface area contributed by atoms with Gasteiger partial charge in [0.15, 0.2) is 0 Å². The molecule has 7 aromatic carbocycles. The maximum atomic E-state index is 6.38. The summed E-state index contributed by atoms with van der Waals surface area (Å²) in [7, 11) is 0. The normalized spacial score (nSPS) is 11.9. The summed E-state index contributed by atoms with van der Waals surface area (Å²) >= 11 is 0. The molecule has 5 heterocycles. The Morgan fingerprint density at radius 2 is 1.41 bits per heavy atom. The molecule has 0 saturated heterocycles. The molecule has 0 radical (unpaired) electrons. The summed E-state index contributed by atoms with van der Waals surface area (Å²) in [6, 6.07) is 56.6. The molecule has 0 unspecified atom stereocenters. The van der Waals surface area contributed by atoms with Crippen LogP contribution in [0, 0.1) is 13.0 Å². The first-order valence-corrected chi connectivity index (χ1v) is 18.5. The van der Waals surface area contributed by atoms with Gasteiger partial charge < -0.3 is 14.0 Å². The van der Waals surface area contributed by atoms with Gasteiger partial charge in [-0.2, -0.15) is 0 Å². The standard InChI is InChI=1S/C49H29N5O.Pt/c1-29-21-24-40-48(52-49(53(40)31-12-3-2-4-13-31)36-17-11-16-35-32-14-5-7-18-39(32)51-47(35)36)46(29)30-22-23-33-37-27-38-34-15-6-8-19-43(34)55-44(38)28-42(37)54(41(33)26-30)45-20-9-10-25-50-45;/h2-25,27-28H,1H3;/q-2;+2. The van der Waals surface area contributed by atoms with E-state index in [0.717, 1.165) is 116 Å². The van der Waals surface area contributed by atoms with Crippen LogP contribution in [0.25, 0.3) is 111 Å². The van der Waals surface area contributed by atoms with Crippen LogP contribution in [0.3, 0.4) is 0 Å². The van der Waals surface area contributed by atoms with Crippen LogP contribution in [0.5, 0.6) is 0 Å². The number of rotatable bonds is 4. The number of para-hydroxylation sites is 4. The number of furan rings is 1. The van der Waals surface area contributed by atoms with Crippen molar-refractivity contribution in [1.29, 1.82) is 0 Å². The van der Waals surface area contributed by atoms with Crippen LogP contribution in [0.1, 0.15) is 5.56 Å². The van der Waals surface area contributed by atoms with E-state index in [1.54, 1.807) is 0 Å². The van der Waals surface area contributed by atoms with Gasteiger partial charge in [0.05, 0.1) is 11.0 Å². The van der Waals surface area contributed by atoms with Gasteiger partial charge in [0.2, 0.25) is 0 Å². The topological polar surface area (TPSA) is 62.9 Å². The first kappa shape index (κ1) is 32.7. The fraction of sp³-hybridized carbons (Fsp3) is 0.0204. The van der Waals surface area contributed by atoms with E-state index < -0.39 is 0 Å². The summed E-state index contributed by atoms with van der Waals surface area (Å²) in [5, 5.41) is 6.68. The molecule has 12 aromatic rings. The summed E-state index contributed by atoms with van der Waals surface area (Å²) in [5.74, 6) is 1.67. The number of imidazole rings is 1. The van der Waals surface area contributed by atoms with Crippen LogP contribution in [0.15, 0.2) is 162 Å². The van der Waals surface area contributed by atoms with Gasteiger partial charge >= 0.3 is 21.1 Å². The van der Waals surface area contributed by atoms with Crippen LogP contribution in [-0.2, 0) is 21.1 Å². The van der Waals surface area contributed by atoms with Crippen LogP contribution in [0.2, 0.25) is 0 Å². The Hall–Kier alpha value is -6.75. The Bertz CT molecular complexity index is 3500. The average Bonchev–Trinajstić information content (AvgIpc) is 3.99. The van der Waals surface area contributed by atoms with Gasteiger partial charge in [0.25, 0.3) is 0 Å². The van der Waals surface area contributed by atoms with Crippen LogP contribution in [0.4, 0.5) is 0 Å². The molecule has 0 N–H and O–H groups in total. The second-order valence-corrected chi connectivity index (χ2v) is 14.2. The van der Waals surface area contributed by atoms with E-state index in [2.05, 4.69) is 137 Å². The third-order valence-electron chi connectivity index (χ3n) is 11.1. The van der Waals surface area contributed by atoms with E-state index in [9.17, 15) is 0 Å². The molecule has 266 valence electrons. The molecule has 56 heavy (non-hydrogen) atoms. The number of hydrogen-bond donors (Lipinski definition) is 0. The van der Waals surface area contributed by atoms with E-state index in [1.807, 2.05) is 42.6 Å². The fourth-order valence-electron chi connectivity index (χ4n) is 8.61. The summed E-state index contributed by atoms with van der Waals surface area (Å²) in [5.41, 5.74) is 12.7. The van der Waals surface area contributed by atoms with Crippen molar-refractivity contribution in [3.63, 3.8) is 0 Å². The third kappa shape index (κ3) is 4.66. The molecule has 0 aliphatic carbocycles. The number of aromatic nitrogens is 5. The molecular weight excluding hydrogens is 870 g/mol. The fourth-order valence-corrected chi connectivity index (χ4v) is 8.61. The Balaban J connectivity index is 0.00000363. The van der Waals surface area contributed by atoms with Gasteiger partial charge in [0, 0.05) is 39.8 Å². The van der Waals surface area contributed by atoms with Gasteiger partial charge in [-0.25, -0.2) is 9.97 Å². The minimum atomic E-state index is 0. The smallest absolute Gasteiger partial charge is 0.656 e. The Morgan fingerprint density at radius 1 is 0.607 bits per heavy atom. The molecule has 0 fully saturated rings. The minimum Gasteiger partial charge on any atom is -0.656 e. The molecule has 0 amide bonds. The summed E-state index contributed by atoms with van der Waals surface area (Å²) in [4.78, 5) is 15.5. The number of aryl methyl sites for hydroxylation is 1. The van der Waals surface area contributed by atoms with Crippen molar-refractivity contribution >= 4 is 76.6 Å². The van der Waals surface area contributed by atoms with E-state index in [-0.39, 0.29) is 21.1 Å². The van der Waals surface area contributed by atoms with E-state index in [4.69, 9.17) is 19.4 Å². The van der Waals surface area contributed by atoms with Crippen molar-refractivity contribution < 1.29 is 25.5 Å². The third-order valence-corrected chi connectivity index (χ3v) is 11.1. The van der Waals surface area contributed by atoms with Gasteiger partial charge in [-0.1, -0.05) is 108 Å². The Labute approximate surface area is 334 Å². The quantitative estimate of drug-likeness (QED) is 0.165. The number of benzene rings is 7. The Morgan fingerprint density at radius 3 is 2.29 bits per heavy atom. The monoisotopic (exact) mass is 898 g/mol. The number of hydrogen-bond acceptors (Lipinski definition) is 3. The molecule has 0 bridgehead atoms. The number of nitrogens with zero attached hydrogens (tertiary/aromatic N) is 5. The van der Waals surface area contributed by atoms with Crippen molar-refractivity contribution in [2.24, 2.45) is 0 Å². The predicted octanol–water partition coefficient (Wildman–Crippen LogP) is 12.1. The molecule has 5 aromatic heterocycles. The summed E-state index contributed by atoms with van der Waals surface area (Å²) in [6.07, 6.45) is 1.84. The van der Waals surface area contributed by atoms with Crippen molar-refractivity contribution in [3.8, 4) is 34.0 Å². The summed E-state index contributed by atoms with van der Waals surface area (Å²) < 4.78 is 10.9. The molecule has 0 aliphatic heterocycles. The molecule has 0 atom stereocenters. The van der Waals surface area contributed by atoms with E-state index in [1.165, 1.54) is 0 Å². The SMILES string of the molecule is Cc1ccc2c(nc(-c3cccc4c3[n-]c3ccccc34)n2-c2ccccc2)c1-c1[c-]c2c(cc1)c1cc3c(cc1n2-c1ccccn1)oc1ccccc13.[Pt+2]. The zero-order valence-corrected chi connectivity index (χ0v) is 32.2. The maximum Gasteiger partial charge on any atom is 2.00 e. The molecule has 0 aliphatic rings. The number of fused-ring (bicyclic) bond motifs is 10. The van der Waals surface area contributed by atoms with E-state index in [0.29, 0.717) is 0 Å². The van der Waals surface area contributed by atoms with Crippen LogP contribution < -0.4 is 4.98 Å². The van der Waals surface area contributed by atoms with Crippen LogP contribution >= 0.6 is 0 Å². The largest absolute Gasteiger partial charge is 2.00 e. The second-order valence-electron chi connectivity index (χ2n) is 14.2.